The van der Waals surface area contributed by atoms with Gasteiger partial charge in [0.2, 0.25) is 11.6 Å². The van der Waals surface area contributed by atoms with Gasteiger partial charge >= 0.3 is 0 Å². The lowest BCUT2D eigenvalue weighted by Gasteiger charge is -2.26. The summed E-state index contributed by atoms with van der Waals surface area (Å²) >= 11 is 0. The maximum atomic E-state index is 14.1. The normalized spacial score (nSPS) is 13.6. The highest BCUT2D eigenvalue weighted by Gasteiger charge is 2.39. The number of aromatic hydroxyl groups is 2. The molecule has 1 aliphatic rings. The lowest BCUT2D eigenvalue weighted by atomic mass is 9.81. The van der Waals surface area contributed by atoms with Gasteiger partial charge in [-0.25, -0.2) is 0 Å². The Bertz CT molecular complexity index is 2100. The van der Waals surface area contributed by atoms with E-state index < -0.39 is 75.0 Å². The number of hydrogen-bond acceptors (Lipinski definition) is 10. The minimum absolute atomic E-state index is 0.103. The largest absolute Gasteiger partial charge is 0.507 e. The predicted octanol–water partition coefficient (Wildman–Crippen LogP) is 6.45. The van der Waals surface area contributed by atoms with Crippen molar-refractivity contribution in [1.82, 2.24) is 0 Å². The minimum atomic E-state index is -4.81. The monoisotopic (exact) mass is 694 g/mol. The highest BCUT2D eigenvalue weighted by molar-refractivity contribution is 7.86. The first-order valence-corrected chi connectivity index (χ1v) is 17.5. The molecule has 0 saturated carbocycles. The number of phenolic OH excluding ortho intramolecular Hbond substituents is 2. The Balaban J connectivity index is 1.76. The molecule has 12 nitrogen and oxygen atoms in total. The summed E-state index contributed by atoms with van der Waals surface area (Å²) < 4.78 is 70.2. The number of fused-ring (bicyclic) bond motifs is 2. The molecule has 0 aliphatic heterocycles. The van der Waals surface area contributed by atoms with E-state index in [2.05, 4.69) is 10.6 Å². The summed E-state index contributed by atoms with van der Waals surface area (Å²) in [6.07, 6.45) is 0. The summed E-state index contributed by atoms with van der Waals surface area (Å²) in [6.45, 7) is 11.1. The molecule has 0 heterocycles. The Hall–Kier alpha value is -4.76. The van der Waals surface area contributed by atoms with Gasteiger partial charge in [-0.05, 0) is 70.5 Å². The third kappa shape index (κ3) is 6.27. The number of carbonyl (C=O) groups is 2. The van der Waals surface area contributed by atoms with Gasteiger partial charge in [0.25, 0.3) is 20.2 Å². The molecular formula is C34H34N2O10S2. The fraction of sp³-hybridized carbons (Fsp3) is 0.235. The first-order valence-electron chi connectivity index (χ1n) is 14.6. The van der Waals surface area contributed by atoms with E-state index in [4.69, 9.17) is 0 Å². The number of nitrogens with one attached hydrogen (secondary N) is 2. The maximum Gasteiger partial charge on any atom is 0.296 e. The van der Waals surface area contributed by atoms with Crippen molar-refractivity contribution in [3.63, 3.8) is 0 Å². The van der Waals surface area contributed by atoms with E-state index in [1.54, 1.807) is 12.1 Å². The average molecular weight is 695 g/mol. The van der Waals surface area contributed by atoms with Gasteiger partial charge in [0.15, 0.2) is 0 Å². The van der Waals surface area contributed by atoms with Crippen LogP contribution in [0.25, 0.3) is 0 Å². The molecule has 252 valence electrons. The second-order valence-electron chi connectivity index (χ2n) is 13.5. The quantitative estimate of drug-likeness (QED) is 0.0838. The number of hydrogen-bond donors (Lipinski definition) is 6. The van der Waals surface area contributed by atoms with Crippen LogP contribution in [0, 0.1) is 0 Å². The Kier molecular flexibility index (Phi) is 8.24. The van der Waals surface area contributed by atoms with Crippen LogP contribution in [0.3, 0.4) is 0 Å². The third-order valence-electron chi connectivity index (χ3n) is 8.06. The molecule has 0 fully saturated rings. The van der Waals surface area contributed by atoms with E-state index in [1.165, 1.54) is 36.4 Å². The van der Waals surface area contributed by atoms with Crippen LogP contribution in [0.15, 0.2) is 70.5 Å². The van der Waals surface area contributed by atoms with E-state index in [9.17, 15) is 45.7 Å². The molecule has 5 rings (SSSR count). The zero-order chi connectivity index (χ0) is 35.7. The second kappa shape index (κ2) is 11.4. The number of rotatable bonds is 6. The van der Waals surface area contributed by atoms with Crippen LogP contribution in [0.1, 0.15) is 84.5 Å². The highest BCUT2D eigenvalue weighted by atomic mass is 32.2. The molecule has 0 bridgehead atoms. The maximum absolute atomic E-state index is 14.1. The molecular weight excluding hydrogens is 661 g/mol. The molecule has 4 aromatic carbocycles. The Morgan fingerprint density at radius 1 is 0.500 bits per heavy atom. The van der Waals surface area contributed by atoms with Crippen molar-refractivity contribution in [1.29, 1.82) is 0 Å². The van der Waals surface area contributed by atoms with Crippen LogP contribution in [0.4, 0.5) is 22.7 Å². The highest BCUT2D eigenvalue weighted by Crippen LogP contribution is 2.44. The van der Waals surface area contributed by atoms with E-state index in [0.717, 1.165) is 12.1 Å². The topological polar surface area (TPSA) is 207 Å². The van der Waals surface area contributed by atoms with Crippen LogP contribution in [-0.4, -0.2) is 47.7 Å². The zero-order valence-electron chi connectivity index (χ0n) is 26.8. The minimum Gasteiger partial charge on any atom is -0.507 e. The molecule has 0 aromatic heterocycles. The number of carbonyl (C=O) groups excluding carboxylic acids is 2. The van der Waals surface area contributed by atoms with Crippen molar-refractivity contribution in [2.75, 3.05) is 10.6 Å². The molecule has 0 unspecified atom stereocenters. The fourth-order valence-electron chi connectivity index (χ4n) is 5.47. The lowest BCUT2D eigenvalue weighted by molar-refractivity contribution is 0.0975. The van der Waals surface area contributed by atoms with Crippen molar-refractivity contribution in [3.05, 3.63) is 94.0 Å². The SMILES string of the molecule is CC(C)(C)c1ccc(Nc2ccc(Nc3ccc(C(C)(C)C)cc3S(=O)(=O)O)c3c2C(=O)c2c(O)ccc(O)c2C3=O)c(S(=O)(=O)O)c1. The summed E-state index contributed by atoms with van der Waals surface area (Å²) in [6, 6.07) is 13.3. The summed E-state index contributed by atoms with van der Waals surface area (Å²) in [7, 11) is -9.61. The molecule has 0 spiro atoms. The lowest BCUT2D eigenvalue weighted by Crippen LogP contribution is -2.24. The van der Waals surface area contributed by atoms with Crippen LogP contribution in [0.2, 0.25) is 0 Å². The molecule has 1 aliphatic carbocycles. The van der Waals surface area contributed by atoms with E-state index in [1.807, 2.05) is 41.5 Å². The van der Waals surface area contributed by atoms with E-state index in [0.29, 0.717) is 11.1 Å². The number of benzene rings is 4. The van der Waals surface area contributed by atoms with Gasteiger partial charge in [-0.1, -0.05) is 53.7 Å². The standard InChI is InChI=1S/C34H34N2O10S2/c1-33(2,3)17-7-9-19(25(15-17)47(41,42)43)35-21-11-12-22(36-20-10-8-18(34(4,5)6)16-26(20)48(44,45)46)28-27(21)31(39)29-23(37)13-14-24(38)30(29)32(28)40/h7-16,35-38H,1-6H3,(H,41,42,43)(H,44,45,46). The number of ketones is 2. The molecule has 0 radical (unpaired) electrons. The van der Waals surface area contributed by atoms with Crippen molar-refractivity contribution < 1.29 is 45.7 Å². The Labute approximate surface area is 278 Å². The molecule has 0 saturated heterocycles. The van der Waals surface area contributed by atoms with Gasteiger partial charge in [-0.3, -0.25) is 18.7 Å². The predicted molar refractivity (Wildman–Crippen MR) is 180 cm³/mol. The fourth-order valence-corrected chi connectivity index (χ4v) is 6.82. The van der Waals surface area contributed by atoms with E-state index in [-0.39, 0.29) is 33.9 Å². The van der Waals surface area contributed by atoms with Crippen molar-refractivity contribution >= 4 is 54.6 Å². The van der Waals surface area contributed by atoms with Gasteiger partial charge in [-0.15, -0.1) is 0 Å². The van der Waals surface area contributed by atoms with E-state index >= 15 is 0 Å². The molecule has 4 aromatic rings. The van der Waals surface area contributed by atoms with Crippen LogP contribution < -0.4 is 10.6 Å². The number of phenols is 2. The zero-order valence-corrected chi connectivity index (χ0v) is 28.5. The van der Waals surface area contributed by atoms with Gasteiger partial charge < -0.3 is 20.8 Å². The summed E-state index contributed by atoms with van der Waals surface area (Å²) in [4.78, 5) is 27.2. The van der Waals surface area contributed by atoms with Gasteiger partial charge in [-0.2, -0.15) is 16.8 Å². The molecule has 6 N–H and O–H groups in total. The van der Waals surface area contributed by atoms with Crippen molar-refractivity contribution in [3.8, 4) is 11.5 Å². The molecule has 0 amide bonds. The summed E-state index contributed by atoms with van der Waals surface area (Å²) in [5.41, 5.74) is -2.01. The van der Waals surface area contributed by atoms with Gasteiger partial charge in [0.1, 0.15) is 21.3 Å². The molecule has 48 heavy (non-hydrogen) atoms. The number of anilines is 4. The van der Waals surface area contributed by atoms with Crippen LogP contribution >= 0.6 is 0 Å². The Morgan fingerprint density at radius 3 is 1.10 bits per heavy atom. The van der Waals surface area contributed by atoms with Gasteiger partial charge in [0, 0.05) is 0 Å². The Morgan fingerprint density at radius 2 is 0.812 bits per heavy atom. The second-order valence-corrected chi connectivity index (χ2v) is 16.3. The van der Waals surface area contributed by atoms with Gasteiger partial charge in [0.05, 0.1) is 45.0 Å². The van der Waals surface area contributed by atoms with Crippen molar-refractivity contribution in [2.24, 2.45) is 0 Å². The molecule has 14 heteroatoms. The first kappa shape index (κ1) is 34.6. The molecule has 0 atom stereocenters. The smallest absolute Gasteiger partial charge is 0.296 e. The third-order valence-corrected chi connectivity index (χ3v) is 9.85. The average Bonchev–Trinajstić information content (AvgIpc) is 2.95. The summed E-state index contributed by atoms with van der Waals surface area (Å²) in [5, 5.41) is 26.9. The van der Waals surface area contributed by atoms with Crippen LogP contribution in [-0.2, 0) is 31.1 Å². The van der Waals surface area contributed by atoms with Crippen LogP contribution in [0.5, 0.6) is 11.5 Å². The summed E-state index contributed by atoms with van der Waals surface area (Å²) in [5.74, 6) is -3.04. The van der Waals surface area contributed by atoms with Crippen molar-refractivity contribution in [2.45, 2.75) is 62.2 Å². The first-order chi connectivity index (χ1) is 22.0.